The number of nitrogens with one attached hydrogen (secondary N) is 1. The zero-order chi connectivity index (χ0) is 14.8. The van der Waals surface area contributed by atoms with E-state index in [0.717, 1.165) is 16.5 Å². The van der Waals surface area contributed by atoms with E-state index in [4.69, 9.17) is 16.9 Å². The van der Waals surface area contributed by atoms with E-state index in [-0.39, 0.29) is 5.78 Å². The van der Waals surface area contributed by atoms with Crippen LogP contribution in [0.25, 0.3) is 10.9 Å². The molecule has 3 rings (SSSR count). The fourth-order valence-corrected chi connectivity index (χ4v) is 2.43. The van der Waals surface area contributed by atoms with E-state index >= 15 is 0 Å². The maximum atomic E-state index is 12.4. The molecule has 0 radical (unpaired) electrons. The molecule has 0 saturated carbocycles. The molecule has 0 bridgehead atoms. The van der Waals surface area contributed by atoms with Crippen LogP contribution in [0, 0.1) is 11.3 Å². The highest BCUT2D eigenvalue weighted by atomic mass is 35.5. The first-order valence-electron chi connectivity index (χ1n) is 6.46. The van der Waals surface area contributed by atoms with E-state index in [9.17, 15) is 4.79 Å². The third kappa shape index (κ3) is 2.67. The summed E-state index contributed by atoms with van der Waals surface area (Å²) in [5.41, 5.74) is 2.92. The van der Waals surface area contributed by atoms with Gasteiger partial charge in [-0.25, -0.2) is 0 Å². The molecular weight excluding hydrogens is 284 g/mol. The molecule has 21 heavy (non-hydrogen) atoms. The van der Waals surface area contributed by atoms with E-state index < -0.39 is 0 Å². The number of nitriles is 1. The first-order chi connectivity index (χ1) is 10.2. The van der Waals surface area contributed by atoms with Crippen LogP contribution in [0.3, 0.4) is 0 Å². The van der Waals surface area contributed by atoms with Crippen LogP contribution in [-0.4, -0.2) is 10.8 Å². The van der Waals surface area contributed by atoms with Crippen molar-refractivity contribution in [3.63, 3.8) is 0 Å². The van der Waals surface area contributed by atoms with Crippen molar-refractivity contribution in [2.24, 2.45) is 0 Å². The number of benzene rings is 2. The number of rotatable bonds is 3. The van der Waals surface area contributed by atoms with Crippen LogP contribution < -0.4 is 0 Å². The van der Waals surface area contributed by atoms with Crippen molar-refractivity contribution in [1.29, 1.82) is 5.26 Å². The predicted octanol–water partition coefficient (Wildman–Crippen LogP) is 4.12. The van der Waals surface area contributed by atoms with Gasteiger partial charge in [-0.05, 0) is 35.9 Å². The minimum atomic E-state index is 0.0127. The summed E-state index contributed by atoms with van der Waals surface area (Å²) in [6, 6.07) is 14.6. The summed E-state index contributed by atoms with van der Waals surface area (Å²) in [4.78, 5) is 15.5. The third-order valence-corrected chi connectivity index (χ3v) is 3.64. The molecule has 0 fully saturated rings. The van der Waals surface area contributed by atoms with Gasteiger partial charge in [-0.3, -0.25) is 4.79 Å². The lowest BCUT2D eigenvalue weighted by molar-refractivity contribution is 0.0994. The molecule has 2 aromatic carbocycles. The molecule has 0 aliphatic heterocycles. The molecule has 0 aliphatic carbocycles. The Bertz CT molecular complexity index is 857. The second kappa shape index (κ2) is 5.43. The number of carbonyl (C=O) groups excluding carboxylic acids is 1. The monoisotopic (exact) mass is 294 g/mol. The largest absolute Gasteiger partial charge is 0.360 e. The average molecular weight is 295 g/mol. The van der Waals surface area contributed by atoms with Crippen molar-refractivity contribution < 1.29 is 4.79 Å². The van der Waals surface area contributed by atoms with Gasteiger partial charge >= 0.3 is 0 Å². The number of aromatic amines is 1. The quantitative estimate of drug-likeness (QED) is 0.739. The number of fused-ring (bicyclic) bond motifs is 1. The molecular formula is C17H11ClN2O. The standard InChI is InChI=1S/C17H11ClN2O/c18-13-4-1-11(2-5-13)8-17(21)15-10-20-16-6-3-12(9-19)7-14(15)16/h1-7,10,20H,8H2. The Morgan fingerprint density at radius 2 is 1.95 bits per heavy atom. The molecule has 1 heterocycles. The fraction of sp³-hybridized carbons (Fsp3) is 0.0588. The number of ketones is 1. The van der Waals surface area contributed by atoms with Gasteiger partial charge in [0, 0.05) is 34.1 Å². The van der Waals surface area contributed by atoms with Gasteiger partial charge in [-0.15, -0.1) is 0 Å². The number of halogens is 1. The van der Waals surface area contributed by atoms with Crippen LogP contribution in [0.5, 0.6) is 0 Å². The third-order valence-electron chi connectivity index (χ3n) is 3.39. The van der Waals surface area contributed by atoms with Crippen LogP contribution in [0.1, 0.15) is 21.5 Å². The van der Waals surface area contributed by atoms with Crippen LogP contribution in [0.2, 0.25) is 5.02 Å². The Labute approximate surface area is 126 Å². The van der Waals surface area contributed by atoms with Gasteiger partial charge in [0.2, 0.25) is 0 Å². The van der Waals surface area contributed by atoms with Gasteiger partial charge in [0.25, 0.3) is 0 Å². The van der Waals surface area contributed by atoms with E-state index in [0.29, 0.717) is 22.6 Å². The van der Waals surface area contributed by atoms with Crippen molar-refractivity contribution in [1.82, 2.24) is 4.98 Å². The molecule has 3 nitrogen and oxygen atoms in total. The topological polar surface area (TPSA) is 56.6 Å². The fourth-order valence-electron chi connectivity index (χ4n) is 2.30. The van der Waals surface area contributed by atoms with E-state index in [1.165, 1.54) is 0 Å². The molecule has 0 unspecified atom stereocenters. The maximum Gasteiger partial charge on any atom is 0.169 e. The molecule has 102 valence electrons. The predicted molar refractivity (Wildman–Crippen MR) is 82.5 cm³/mol. The first-order valence-corrected chi connectivity index (χ1v) is 6.84. The van der Waals surface area contributed by atoms with Crippen molar-refractivity contribution in [3.8, 4) is 6.07 Å². The number of hydrogen-bond donors (Lipinski definition) is 1. The summed E-state index contributed by atoms with van der Waals surface area (Å²) in [6.07, 6.45) is 2.00. The van der Waals surface area contributed by atoms with Gasteiger partial charge in [-0.2, -0.15) is 5.26 Å². The summed E-state index contributed by atoms with van der Waals surface area (Å²) < 4.78 is 0. The Morgan fingerprint density at radius 1 is 1.19 bits per heavy atom. The maximum absolute atomic E-state index is 12.4. The van der Waals surface area contributed by atoms with Crippen molar-refractivity contribution in [2.45, 2.75) is 6.42 Å². The number of hydrogen-bond acceptors (Lipinski definition) is 2. The molecule has 1 N–H and O–H groups in total. The van der Waals surface area contributed by atoms with Crippen molar-refractivity contribution in [2.75, 3.05) is 0 Å². The number of Topliss-reactive ketones (excluding diaryl/α,β-unsaturated/α-hetero) is 1. The summed E-state index contributed by atoms with van der Waals surface area (Å²) in [7, 11) is 0. The van der Waals surface area contributed by atoms with Crippen molar-refractivity contribution in [3.05, 3.63) is 70.4 Å². The molecule has 0 aliphatic rings. The lowest BCUT2D eigenvalue weighted by atomic mass is 10.0. The first kappa shape index (κ1) is 13.4. The lowest BCUT2D eigenvalue weighted by Gasteiger charge is -2.01. The second-order valence-corrected chi connectivity index (χ2v) is 5.24. The van der Waals surface area contributed by atoms with E-state index in [1.807, 2.05) is 18.2 Å². The van der Waals surface area contributed by atoms with Crippen LogP contribution >= 0.6 is 11.6 Å². The number of aromatic nitrogens is 1. The SMILES string of the molecule is N#Cc1ccc2[nH]cc(C(=O)Cc3ccc(Cl)cc3)c2c1. The molecule has 0 atom stereocenters. The zero-order valence-corrected chi connectivity index (χ0v) is 11.8. The molecule has 0 spiro atoms. The minimum Gasteiger partial charge on any atom is -0.360 e. The Morgan fingerprint density at radius 3 is 2.67 bits per heavy atom. The second-order valence-electron chi connectivity index (χ2n) is 4.80. The summed E-state index contributed by atoms with van der Waals surface area (Å²) in [5.74, 6) is 0.0127. The number of nitrogens with zero attached hydrogens (tertiary/aromatic N) is 1. The Kier molecular flexibility index (Phi) is 3.47. The van der Waals surface area contributed by atoms with Crippen LogP contribution in [0.4, 0.5) is 0 Å². The van der Waals surface area contributed by atoms with E-state index in [1.54, 1.807) is 30.5 Å². The zero-order valence-electron chi connectivity index (χ0n) is 11.1. The summed E-state index contributed by atoms with van der Waals surface area (Å²) >= 11 is 5.84. The Balaban J connectivity index is 1.94. The highest BCUT2D eigenvalue weighted by Crippen LogP contribution is 2.21. The number of carbonyl (C=O) groups is 1. The van der Waals surface area contributed by atoms with Crippen molar-refractivity contribution >= 4 is 28.3 Å². The molecule has 1 aromatic heterocycles. The van der Waals surface area contributed by atoms with E-state index in [2.05, 4.69) is 11.1 Å². The molecule has 3 aromatic rings. The van der Waals surface area contributed by atoms with Gasteiger partial charge in [0.15, 0.2) is 5.78 Å². The Hall–Kier alpha value is -2.57. The molecule has 0 saturated heterocycles. The van der Waals surface area contributed by atoms with Crippen LogP contribution in [0.15, 0.2) is 48.7 Å². The smallest absolute Gasteiger partial charge is 0.169 e. The van der Waals surface area contributed by atoms with Gasteiger partial charge in [-0.1, -0.05) is 23.7 Å². The summed E-state index contributed by atoms with van der Waals surface area (Å²) in [5, 5.41) is 10.4. The van der Waals surface area contributed by atoms with Crippen LogP contribution in [-0.2, 0) is 6.42 Å². The van der Waals surface area contributed by atoms with Gasteiger partial charge in [0.05, 0.1) is 11.6 Å². The van der Waals surface area contributed by atoms with Gasteiger partial charge in [0.1, 0.15) is 0 Å². The summed E-state index contributed by atoms with van der Waals surface area (Å²) in [6.45, 7) is 0. The van der Waals surface area contributed by atoms with Gasteiger partial charge < -0.3 is 4.98 Å². The normalized spacial score (nSPS) is 10.5. The highest BCUT2D eigenvalue weighted by molar-refractivity contribution is 6.30. The molecule has 0 amide bonds. The highest BCUT2D eigenvalue weighted by Gasteiger charge is 2.13. The number of H-pyrrole nitrogens is 1. The lowest BCUT2D eigenvalue weighted by Crippen LogP contribution is -2.02. The average Bonchev–Trinajstić information content (AvgIpc) is 2.92. The molecule has 4 heteroatoms. The minimum absolute atomic E-state index is 0.0127.